The van der Waals surface area contributed by atoms with Crippen LogP contribution in [0.2, 0.25) is 0 Å². The van der Waals surface area contributed by atoms with Crippen molar-refractivity contribution in [3.8, 4) is 0 Å². The summed E-state index contributed by atoms with van der Waals surface area (Å²) < 4.78 is 0. The molecule has 1 amide bonds. The van der Waals surface area contributed by atoms with Gasteiger partial charge in [-0.2, -0.15) is 0 Å². The predicted molar refractivity (Wildman–Crippen MR) is 74.9 cm³/mol. The normalized spacial score (nSPS) is 20.4. The lowest BCUT2D eigenvalue weighted by molar-refractivity contribution is -0.154. The highest BCUT2D eigenvalue weighted by atomic mass is 16.4. The topological polar surface area (TPSA) is 57.6 Å². The number of carboxylic acids is 1. The van der Waals surface area contributed by atoms with Gasteiger partial charge in [0.25, 0.3) is 0 Å². The Morgan fingerprint density at radius 1 is 1.26 bits per heavy atom. The summed E-state index contributed by atoms with van der Waals surface area (Å²) in [6.07, 6.45) is 4.49. The van der Waals surface area contributed by atoms with E-state index in [-0.39, 0.29) is 12.3 Å². The van der Waals surface area contributed by atoms with Crippen molar-refractivity contribution < 1.29 is 14.7 Å². The minimum absolute atomic E-state index is 0.0178. The number of hydrogen-bond donors (Lipinski definition) is 1. The van der Waals surface area contributed by atoms with Gasteiger partial charge in [-0.3, -0.25) is 9.59 Å². The Balaban J connectivity index is 2.69. The minimum Gasteiger partial charge on any atom is -0.481 e. The molecule has 1 fully saturated rings. The number of carbonyl (C=O) groups is 2. The van der Waals surface area contributed by atoms with E-state index in [0.717, 1.165) is 25.9 Å². The van der Waals surface area contributed by atoms with Crippen LogP contribution in [0.1, 0.15) is 59.3 Å². The molecule has 1 unspecified atom stereocenters. The Morgan fingerprint density at radius 2 is 1.89 bits per heavy atom. The van der Waals surface area contributed by atoms with E-state index in [2.05, 4.69) is 6.92 Å². The molecule has 1 atom stereocenters. The Labute approximate surface area is 116 Å². The lowest BCUT2D eigenvalue weighted by Gasteiger charge is -2.35. The summed E-state index contributed by atoms with van der Waals surface area (Å²) in [5, 5.41) is 9.40. The first-order valence-electron chi connectivity index (χ1n) is 7.50. The minimum atomic E-state index is -0.879. The molecule has 0 saturated carbocycles. The van der Waals surface area contributed by atoms with E-state index >= 15 is 0 Å². The molecule has 0 aliphatic carbocycles. The molecule has 110 valence electrons. The van der Waals surface area contributed by atoms with Crippen LogP contribution in [0.3, 0.4) is 0 Å². The molecule has 1 saturated heterocycles. The number of carbonyl (C=O) groups excluding carboxylic acids is 1. The number of carboxylic acid groups (broad SMARTS) is 1. The third-order valence-corrected chi connectivity index (χ3v) is 4.75. The van der Waals surface area contributed by atoms with Crippen molar-refractivity contribution in [1.82, 2.24) is 4.90 Å². The molecule has 0 aromatic rings. The summed E-state index contributed by atoms with van der Waals surface area (Å²) in [6.45, 7) is 7.46. The van der Waals surface area contributed by atoms with Gasteiger partial charge >= 0.3 is 5.97 Å². The van der Waals surface area contributed by atoms with Crippen LogP contribution in [0, 0.1) is 11.3 Å². The van der Waals surface area contributed by atoms with Crippen molar-refractivity contribution in [1.29, 1.82) is 0 Å². The molecule has 1 rings (SSSR count). The number of rotatable bonds is 6. The number of piperidine rings is 1. The second kappa shape index (κ2) is 6.92. The van der Waals surface area contributed by atoms with Gasteiger partial charge < -0.3 is 10.0 Å². The van der Waals surface area contributed by atoms with Crippen molar-refractivity contribution in [3.63, 3.8) is 0 Å². The largest absolute Gasteiger partial charge is 0.481 e. The van der Waals surface area contributed by atoms with Gasteiger partial charge in [-0.15, -0.1) is 0 Å². The lowest BCUT2D eigenvalue weighted by atomic mass is 9.78. The number of amides is 1. The van der Waals surface area contributed by atoms with Gasteiger partial charge in [-0.1, -0.05) is 27.2 Å². The number of hydrogen-bond acceptors (Lipinski definition) is 2. The maximum atomic E-state index is 12.4. The molecule has 4 heteroatoms. The monoisotopic (exact) mass is 269 g/mol. The standard InChI is InChI=1S/C15H27NO3/c1-4-12-8-7-9-16(11-12)13(17)10-15(5-2,6-3)14(18)19/h12H,4-11H2,1-3H3,(H,18,19). The molecule has 1 heterocycles. The van der Waals surface area contributed by atoms with E-state index in [4.69, 9.17) is 0 Å². The smallest absolute Gasteiger partial charge is 0.310 e. The summed E-state index contributed by atoms with van der Waals surface area (Å²) in [6, 6.07) is 0. The predicted octanol–water partition coefficient (Wildman–Crippen LogP) is 2.92. The summed E-state index contributed by atoms with van der Waals surface area (Å²) in [4.78, 5) is 25.7. The van der Waals surface area contributed by atoms with Crippen LogP contribution in [-0.2, 0) is 9.59 Å². The quantitative estimate of drug-likeness (QED) is 0.806. The van der Waals surface area contributed by atoms with Crippen LogP contribution in [0.4, 0.5) is 0 Å². The van der Waals surface area contributed by atoms with Gasteiger partial charge in [-0.05, 0) is 31.6 Å². The maximum absolute atomic E-state index is 12.4. The van der Waals surface area contributed by atoms with Crippen molar-refractivity contribution >= 4 is 11.9 Å². The second-order valence-electron chi connectivity index (χ2n) is 5.73. The summed E-state index contributed by atoms with van der Waals surface area (Å²) in [7, 11) is 0. The van der Waals surface area contributed by atoms with E-state index in [9.17, 15) is 14.7 Å². The van der Waals surface area contributed by atoms with Crippen LogP contribution in [0.5, 0.6) is 0 Å². The molecule has 4 nitrogen and oxygen atoms in total. The molecule has 1 N–H and O–H groups in total. The summed E-state index contributed by atoms with van der Waals surface area (Å²) in [5.74, 6) is -0.237. The molecule has 1 aliphatic heterocycles. The first kappa shape index (κ1) is 16.0. The zero-order valence-corrected chi connectivity index (χ0v) is 12.4. The fraction of sp³-hybridized carbons (Fsp3) is 0.867. The second-order valence-corrected chi connectivity index (χ2v) is 5.73. The van der Waals surface area contributed by atoms with Gasteiger partial charge in [0.1, 0.15) is 0 Å². The number of aliphatic carboxylic acids is 1. The average molecular weight is 269 g/mol. The zero-order valence-electron chi connectivity index (χ0n) is 12.4. The van der Waals surface area contributed by atoms with Crippen molar-refractivity contribution in [2.24, 2.45) is 11.3 Å². The summed E-state index contributed by atoms with van der Waals surface area (Å²) >= 11 is 0. The van der Waals surface area contributed by atoms with E-state index in [0.29, 0.717) is 18.8 Å². The lowest BCUT2D eigenvalue weighted by Crippen LogP contribution is -2.43. The first-order chi connectivity index (χ1) is 8.99. The fourth-order valence-corrected chi connectivity index (χ4v) is 2.90. The van der Waals surface area contributed by atoms with Crippen molar-refractivity contribution in [2.45, 2.75) is 59.3 Å². The fourth-order valence-electron chi connectivity index (χ4n) is 2.90. The van der Waals surface area contributed by atoms with Crippen molar-refractivity contribution in [2.75, 3.05) is 13.1 Å². The molecule has 1 aliphatic rings. The van der Waals surface area contributed by atoms with E-state index in [1.807, 2.05) is 18.7 Å². The van der Waals surface area contributed by atoms with Crippen LogP contribution < -0.4 is 0 Å². The van der Waals surface area contributed by atoms with Crippen molar-refractivity contribution in [3.05, 3.63) is 0 Å². The third kappa shape index (κ3) is 3.71. The van der Waals surface area contributed by atoms with E-state index in [1.54, 1.807) is 0 Å². The van der Waals surface area contributed by atoms with Crippen LogP contribution in [0.15, 0.2) is 0 Å². The molecular weight excluding hydrogens is 242 g/mol. The Morgan fingerprint density at radius 3 is 2.37 bits per heavy atom. The highest BCUT2D eigenvalue weighted by Gasteiger charge is 2.38. The van der Waals surface area contributed by atoms with Gasteiger partial charge in [0.15, 0.2) is 0 Å². The van der Waals surface area contributed by atoms with E-state index in [1.165, 1.54) is 6.42 Å². The molecule has 19 heavy (non-hydrogen) atoms. The van der Waals surface area contributed by atoms with Crippen LogP contribution in [0.25, 0.3) is 0 Å². The zero-order chi connectivity index (χ0) is 14.5. The molecule has 0 aromatic heterocycles. The number of likely N-dealkylation sites (tertiary alicyclic amines) is 1. The Hall–Kier alpha value is -1.06. The van der Waals surface area contributed by atoms with Gasteiger partial charge in [0, 0.05) is 19.5 Å². The highest BCUT2D eigenvalue weighted by molar-refractivity contribution is 5.85. The molecular formula is C15H27NO3. The third-order valence-electron chi connectivity index (χ3n) is 4.75. The van der Waals surface area contributed by atoms with Crippen LogP contribution >= 0.6 is 0 Å². The first-order valence-corrected chi connectivity index (χ1v) is 7.50. The number of nitrogens with zero attached hydrogens (tertiary/aromatic N) is 1. The SMILES string of the molecule is CCC1CCCN(C(=O)CC(CC)(CC)C(=O)O)C1. The molecule has 0 spiro atoms. The van der Waals surface area contributed by atoms with Crippen LogP contribution in [-0.4, -0.2) is 35.0 Å². The Bertz CT molecular complexity index is 323. The average Bonchev–Trinajstić information content (AvgIpc) is 2.44. The van der Waals surface area contributed by atoms with Gasteiger partial charge in [-0.25, -0.2) is 0 Å². The Kier molecular flexibility index (Phi) is 5.83. The van der Waals surface area contributed by atoms with Gasteiger partial charge in [0.05, 0.1) is 5.41 Å². The maximum Gasteiger partial charge on any atom is 0.310 e. The molecule has 0 bridgehead atoms. The van der Waals surface area contributed by atoms with Gasteiger partial charge in [0.2, 0.25) is 5.91 Å². The van der Waals surface area contributed by atoms with E-state index < -0.39 is 11.4 Å². The molecule has 0 aromatic carbocycles. The highest BCUT2D eigenvalue weighted by Crippen LogP contribution is 2.32. The summed E-state index contributed by atoms with van der Waals surface area (Å²) in [5.41, 5.74) is -0.879. The molecule has 0 radical (unpaired) electrons.